The molecular formula is C6H14N2O. The number of nitrogens with one attached hydrogen (secondary N) is 1. The van der Waals surface area contributed by atoms with Gasteiger partial charge in [0.25, 0.3) is 0 Å². The molecule has 1 fully saturated rings. The third kappa shape index (κ3) is 1.23. The molecule has 1 aliphatic heterocycles. The van der Waals surface area contributed by atoms with Crippen LogP contribution in [0.5, 0.6) is 0 Å². The van der Waals surface area contributed by atoms with Gasteiger partial charge in [-0.1, -0.05) is 0 Å². The summed E-state index contributed by atoms with van der Waals surface area (Å²) in [6.45, 7) is 3.73. The van der Waals surface area contributed by atoms with Gasteiger partial charge in [0.15, 0.2) is 0 Å². The molecule has 0 aromatic carbocycles. The van der Waals surface area contributed by atoms with Gasteiger partial charge in [-0.15, -0.1) is 0 Å². The van der Waals surface area contributed by atoms with E-state index in [1.165, 1.54) is 0 Å². The summed E-state index contributed by atoms with van der Waals surface area (Å²) < 4.78 is 5.14. The van der Waals surface area contributed by atoms with Gasteiger partial charge >= 0.3 is 0 Å². The Morgan fingerprint density at radius 1 is 1.78 bits per heavy atom. The molecule has 0 radical (unpaired) electrons. The van der Waals surface area contributed by atoms with Crippen LogP contribution in [0.25, 0.3) is 0 Å². The largest absolute Gasteiger partial charge is 0.378 e. The van der Waals surface area contributed by atoms with Gasteiger partial charge in [-0.05, 0) is 6.92 Å². The number of nitrogens with two attached hydrogens (primary N) is 1. The lowest BCUT2D eigenvalue weighted by Crippen LogP contribution is -2.48. The van der Waals surface area contributed by atoms with E-state index in [1.807, 2.05) is 6.92 Å². The van der Waals surface area contributed by atoms with Gasteiger partial charge in [-0.25, -0.2) is 0 Å². The molecule has 1 heterocycles. The number of rotatable bonds is 1. The maximum atomic E-state index is 5.85. The van der Waals surface area contributed by atoms with Crippen LogP contribution in [0.1, 0.15) is 6.92 Å². The molecule has 1 aliphatic rings. The van der Waals surface area contributed by atoms with Crippen molar-refractivity contribution in [3.63, 3.8) is 0 Å². The summed E-state index contributed by atoms with van der Waals surface area (Å²) in [5.41, 5.74) is 5.67. The zero-order valence-electron chi connectivity index (χ0n) is 5.98. The molecule has 0 saturated carbocycles. The molecule has 0 bridgehead atoms. The molecule has 9 heavy (non-hydrogen) atoms. The summed E-state index contributed by atoms with van der Waals surface area (Å²) in [6.07, 6.45) is 0.178. The highest BCUT2D eigenvalue weighted by Gasteiger charge is 2.34. The molecular weight excluding hydrogens is 116 g/mol. The summed E-state index contributed by atoms with van der Waals surface area (Å²) in [4.78, 5) is 0. The second-order valence-electron chi connectivity index (χ2n) is 2.86. The van der Waals surface area contributed by atoms with E-state index in [9.17, 15) is 0 Å². The van der Waals surface area contributed by atoms with E-state index in [0.717, 1.165) is 13.1 Å². The fourth-order valence-corrected chi connectivity index (χ4v) is 1.17. The van der Waals surface area contributed by atoms with Gasteiger partial charge in [0, 0.05) is 20.2 Å². The first-order chi connectivity index (χ1) is 4.17. The number of ether oxygens (including phenoxy) is 1. The van der Waals surface area contributed by atoms with E-state index < -0.39 is 0 Å². The van der Waals surface area contributed by atoms with Crippen LogP contribution in [0.2, 0.25) is 0 Å². The smallest absolute Gasteiger partial charge is 0.0884 e. The quantitative estimate of drug-likeness (QED) is 0.494. The molecule has 1 rings (SSSR count). The van der Waals surface area contributed by atoms with Crippen LogP contribution in [-0.4, -0.2) is 31.8 Å². The lowest BCUT2D eigenvalue weighted by atomic mass is 10.0. The van der Waals surface area contributed by atoms with Gasteiger partial charge in [0.05, 0.1) is 11.6 Å². The molecule has 0 aromatic rings. The van der Waals surface area contributed by atoms with Crippen molar-refractivity contribution in [1.29, 1.82) is 0 Å². The first kappa shape index (κ1) is 6.99. The predicted molar refractivity (Wildman–Crippen MR) is 36.3 cm³/mol. The lowest BCUT2D eigenvalue weighted by molar-refractivity contribution is 0.0747. The molecule has 0 spiro atoms. The van der Waals surface area contributed by atoms with Gasteiger partial charge in [-0.2, -0.15) is 0 Å². The highest BCUT2D eigenvalue weighted by atomic mass is 16.5. The molecule has 3 N–H and O–H groups in total. The Labute approximate surface area is 55.6 Å². The highest BCUT2D eigenvalue weighted by molar-refractivity contribution is 4.97. The maximum Gasteiger partial charge on any atom is 0.0884 e. The first-order valence-electron chi connectivity index (χ1n) is 3.19. The minimum absolute atomic E-state index is 0.172. The van der Waals surface area contributed by atoms with Crippen LogP contribution in [0.4, 0.5) is 0 Å². The Bertz CT molecular complexity index is 103. The van der Waals surface area contributed by atoms with Crippen molar-refractivity contribution >= 4 is 0 Å². The van der Waals surface area contributed by atoms with Crippen molar-refractivity contribution in [3.05, 3.63) is 0 Å². The third-order valence-electron chi connectivity index (χ3n) is 1.86. The van der Waals surface area contributed by atoms with Crippen molar-refractivity contribution in [1.82, 2.24) is 5.32 Å². The molecule has 0 aliphatic carbocycles. The second kappa shape index (κ2) is 2.25. The zero-order valence-corrected chi connectivity index (χ0v) is 5.98. The van der Waals surface area contributed by atoms with Crippen LogP contribution in [0.3, 0.4) is 0 Å². The van der Waals surface area contributed by atoms with E-state index in [2.05, 4.69) is 5.32 Å². The number of hydrogen-bond donors (Lipinski definition) is 2. The number of hydrogen-bond acceptors (Lipinski definition) is 3. The molecule has 3 heteroatoms. The second-order valence-corrected chi connectivity index (χ2v) is 2.86. The third-order valence-corrected chi connectivity index (χ3v) is 1.86. The van der Waals surface area contributed by atoms with Crippen molar-refractivity contribution in [2.45, 2.75) is 18.6 Å². The van der Waals surface area contributed by atoms with Crippen LogP contribution >= 0.6 is 0 Å². The molecule has 0 unspecified atom stereocenters. The van der Waals surface area contributed by atoms with Gasteiger partial charge in [0.2, 0.25) is 0 Å². The van der Waals surface area contributed by atoms with Crippen LogP contribution < -0.4 is 11.1 Å². The van der Waals surface area contributed by atoms with Crippen LogP contribution in [0, 0.1) is 0 Å². The average Bonchev–Trinajstić information content (AvgIpc) is 2.08. The highest BCUT2D eigenvalue weighted by Crippen LogP contribution is 2.12. The van der Waals surface area contributed by atoms with E-state index >= 15 is 0 Å². The van der Waals surface area contributed by atoms with Gasteiger partial charge in [-0.3, -0.25) is 0 Å². The molecule has 3 nitrogen and oxygen atoms in total. The topological polar surface area (TPSA) is 47.3 Å². The summed E-state index contributed by atoms with van der Waals surface area (Å²) >= 11 is 0. The van der Waals surface area contributed by atoms with Gasteiger partial charge < -0.3 is 15.8 Å². The molecule has 1 saturated heterocycles. The SMILES string of the molecule is CO[C@H]1CNC[C@]1(C)N. The Balaban J connectivity index is 2.52. The maximum absolute atomic E-state index is 5.85. The van der Waals surface area contributed by atoms with Crippen molar-refractivity contribution < 1.29 is 4.74 Å². The molecule has 0 amide bonds. The Morgan fingerprint density at radius 2 is 2.44 bits per heavy atom. The van der Waals surface area contributed by atoms with E-state index in [4.69, 9.17) is 10.5 Å². The van der Waals surface area contributed by atoms with Crippen molar-refractivity contribution in [2.24, 2.45) is 5.73 Å². The molecule has 54 valence electrons. The fraction of sp³-hybridized carbons (Fsp3) is 1.00. The van der Waals surface area contributed by atoms with E-state index in [-0.39, 0.29) is 11.6 Å². The summed E-state index contributed by atoms with van der Waals surface area (Å²) in [5, 5.41) is 3.16. The Hall–Kier alpha value is -0.120. The first-order valence-corrected chi connectivity index (χ1v) is 3.19. The minimum Gasteiger partial charge on any atom is -0.378 e. The summed E-state index contributed by atoms with van der Waals surface area (Å²) in [6, 6.07) is 0. The van der Waals surface area contributed by atoms with Crippen LogP contribution in [0.15, 0.2) is 0 Å². The van der Waals surface area contributed by atoms with Crippen molar-refractivity contribution in [3.8, 4) is 0 Å². The standard InChI is InChI=1S/C6H14N2O/c1-6(7)4-8-3-5(6)9-2/h5,8H,3-4,7H2,1-2H3/t5-,6-/m0/s1. The Morgan fingerprint density at radius 3 is 2.67 bits per heavy atom. The lowest BCUT2D eigenvalue weighted by Gasteiger charge is -2.23. The van der Waals surface area contributed by atoms with Crippen molar-refractivity contribution in [2.75, 3.05) is 20.2 Å². The number of methoxy groups -OCH3 is 1. The summed E-state index contributed by atoms with van der Waals surface area (Å²) in [5.74, 6) is 0. The molecule has 0 aromatic heterocycles. The molecule has 2 atom stereocenters. The minimum atomic E-state index is -0.172. The monoisotopic (exact) mass is 130 g/mol. The Kier molecular flexibility index (Phi) is 1.75. The summed E-state index contributed by atoms with van der Waals surface area (Å²) in [7, 11) is 1.70. The average molecular weight is 130 g/mol. The fourth-order valence-electron chi connectivity index (χ4n) is 1.17. The normalized spacial score (nSPS) is 43.7. The van der Waals surface area contributed by atoms with E-state index in [0.29, 0.717) is 0 Å². The van der Waals surface area contributed by atoms with E-state index in [1.54, 1.807) is 7.11 Å². The van der Waals surface area contributed by atoms with Crippen LogP contribution in [-0.2, 0) is 4.74 Å². The zero-order chi connectivity index (χ0) is 6.91. The van der Waals surface area contributed by atoms with Gasteiger partial charge in [0.1, 0.15) is 0 Å². The predicted octanol–water partition coefficient (Wildman–Crippen LogP) is -0.678.